The number of aromatic nitrogens is 2. The minimum Gasteiger partial charge on any atom is -0.340 e. The van der Waals surface area contributed by atoms with E-state index >= 15 is 0 Å². The van der Waals surface area contributed by atoms with Crippen molar-refractivity contribution >= 4 is 44.0 Å². The van der Waals surface area contributed by atoms with Crippen LogP contribution in [0.25, 0.3) is 10.9 Å². The molecule has 7 nitrogen and oxygen atoms in total. The number of nitrogens with one attached hydrogen (secondary N) is 1. The van der Waals surface area contributed by atoms with E-state index < -0.39 is 4.92 Å². The average molecular weight is 384 g/mol. The van der Waals surface area contributed by atoms with Crippen molar-refractivity contribution in [2.75, 3.05) is 5.32 Å². The van der Waals surface area contributed by atoms with E-state index in [-0.39, 0.29) is 11.2 Å². The van der Waals surface area contributed by atoms with Crippen LogP contribution in [0.1, 0.15) is 11.1 Å². The van der Waals surface area contributed by atoms with Crippen LogP contribution in [0.4, 0.5) is 17.2 Å². The van der Waals surface area contributed by atoms with Gasteiger partial charge in [-0.25, -0.2) is 9.97 Å². The summed E-state index contributed by atoms with van der Waals surface area (Å²) >= 11 is 3.35. The van der Waals surface area contributed by atoms with Gasteiger partial charge in [0.15, 0.2) is 5.52 Å². The maximum Gasteiger partial charge on any atom is 0.299 e. The molecule has 0 radical (unpaired) electrons. The van der Waals surface area contributed by atoms with E-state index in [0.29, 0.717) is 32.5 Å². The van der Waals surface area contributed by atoms with Gasteiger partial charge in [0.1, 0.15) is 12.1 Å². The number of halogens is 1. The highest BCUT2D eigenvalue weighted by Gasteiger charge is 2.22. The lowest BCUT2D eigenvalue weighted by atomic mass is 10.1. The zero-order valence-corrected chi connectivity index (χ0v) is 14.0. The second kappa shape index (κ2) is 6.22. The summed E-state index contributed by atoms with van der Waals surface area (Å²) < 4.78 is 0.611. The lowest BCUT2D eigenvalue weighted by Crippen LogP contribution is -2.00. The second-order valence-electron chi connectivity index (χ2n) is 5.02. The van der Waals surface area contributed by atoms with Gasteiger partial charge < -0.3 is 5.32 Å². The van der Waals surface area contributed by atoms with Gasteiger partial charge in [0.2, 0.25) is 0 Å². The maximum atomic E-state index is 11.4. The Morgan fingerprint density at radius 3 is 2.62 bits per heavy atom. The van der Waals surface area contributed by atoms with Gasteiger partial charge in [-0.05, 0) is 37.3 Å². The van der Waals surface area contributed by atoms with Gasteiger partial charge in [-0.15, -0.1) is 0 Å². The van der Waals surface area contributed by atoms with Crippen LogP contribution in [0.15, 0.2) is 41.1 Å². The van der Waals surface area contributed by atoms with Crippen LogP contribution in [0.3, 0.4) is 0 Å². The summed E-state index contributed by atoms with van der Waals surface area (Å²) in [6.45, 7) is 1.66. The summed E-state index contributed by atoms with van der Waals surface area (Å²) in [5.41, 5.74) is 1.99. The minimum atomic E-state index is -0.444. The molecule has 0 fully saturated rings. The van der Waals surface area contributed by atoms with Gasteiger partial charge in [0.25, 0.3) is 5.69 Å². The van der Waals surface area contributed by atoms with Crippen LogP contribution >= 0.6 is 15.9 Å². The highest BCUT2D eigenvalue weighted by molar-refractivity contribution is 9.10. The van der Waals surface area contributed by atoms with Crippen molar-refractivity contribution in [1.82, 2.24) is 9.97 Å². The summed E-state index contributed by atoms with van der Waals surface area (Å²) in [6, 6.07) is 10.6. The first-order valence-corrected chi connectivity index (χ1v) is 7.66. The van der Waals surface area contributed by atoms with E-state index in [4.69, 9.17) is 5.26 Å². The number of fused-ring (bicyclic) bond motifs is 1. The number of rotatable bonds is 3. The number of nitrogens with zero attached hydrogens (tertiary/aromatic N) is 4. The van der Waals surface area contributed by atoms with Gasteiger partial charge in [0.05, 0.1) is 21.9 Å². The first-order valence-electron chi connectivity index (χ1n) is 6.86. The highest BCUT2D eigenvalue weighted by atomic mass is 79.9. The molecule has 8 heteroatoms. The van der Waals surface area contributed by atoms with Gasteiger partial charge in [-0.1, -0.05) is 15.9 Å². The Balaban J connectivity index is 2.15. The van der Waals surface area contributed by atoms with Gasteiger partial charge in [-0.2, -0.15) is 5.26 Å². The van der Waals surface area contributed by atoms with Gasteiger partial charge >= 0.3 is 0 Å². The molecule has 0 bridgehead atoms. The van der Waals surface area contributed by atoms with E-state index in [1.165, 1.54) is 6.33 Å². The first-order chi connectivity index (χ1) is 11.5. The third-order valence-corrected chi connectivity index (χ3v) is 4.38. The molecule has 1 aromatic heterocycles. The molecule has 1 heterocycles. The van der Waals surface area contributed by atoms with Gasteiger partial charge in [-0.3, -0.25) is 10.1 Å². The fourth-order valence-corrected chi connectivity index (χ4v) is 2.75. The summed E-state index contributed by atoms with van der Waals surface area (Å²) in [5.74, 6) is 0.452. The molecule has 0 amide bonds. The van der Waals surface area contributed by atoms with Crippen LogP contribution in [-0.2, 0) is 0 Å². The van der Waals surface area contributed by atoms with E-state index in [1.54, 1.807) is 37.3 Å². The van der Waals surface area contributed by atoms with Crippen molar-refractivity contribution in [3.63, 3.8) is 0 Å². The summed E-state index contributed by atoms with van der Waals surface area (Å²) in [6.07, 6.45) is 1.29. The quantitative estimate of drug-likeness (QED) is 0.535. The zero-order chi connectivity index (χ0) is 17.3. The lowest BCUT2D eigenvalue weighted by molar-refractivity contribution is -0.383. The molecule has 3 aromatic rings. The van der Waals surface area contributed by atoms with Crippen molar-refractivity contribution < 1.29 is 4.92 Å². The van der Waals surface area contributed by atoms with Gasteiger partial charge in [0, 0.05) is 15.7 Å². The SMILES string of the molecule is Cc1c(Br)cc2c(Nc3ccc(C#N)cc3)ncnc2c1[N+](=O)[O-]. The molecule has 118 valence electrons. The minimum absolute atomic E-state index is 0.0512. The smallest absolute Gasteiger partial charge is 0.299 e. The molecule has 0 saturated carbocycles. The van der Waals surface area contributed by atoms with Crippen molar-refractivity contribution in [2.45, 2.75) is 6.92 Å². The first kappa shape index (κ1) is 15.8. The van der Waals surface area contributed by atoms with Crippen molar-refractivity contribution in [3.05, 3.63) is 62.4 Å². The molecule has 3 rings (SSSR count). The van der Waals surface area contributed by atoms with Crippen LogP contribution in [0.2, 0.25) is 0 Å². The topological polar surface area (TPSA) is 105 Å². The molecule has 1 N–H and O–H groups in total. The Morgan fingerprint density at radius 1 is 1.29 bits per heavy atom. The predicted molar refractivity (Wildman–Crippen MR) is 93.1 cm³/mol. The summed E-state index contributed by atoms with van der Waals surface area (Å²) in [5, 5.41) is 23.9. The Hall–Kier alpha value is -3.05. The van der Waals surface area contributed by atoms with Crippen LogP contribution < -0.4 is 5.32 Å². The normalized spacial score (nSPS) is 10.4. The molecule has 0 aliphatic carbocycles. The monoisotopic (exact) mass is 383 g/mol. The number of nitro benzene ring substituents is 1. The van der Waals surface area contributed by atoms with Crippen molar-refractivity contribution in [1.29, 1.82) is 5.26 Å². The van der Waals surface area contributed by atoms with E-state index in [2.05, 4.69) is 31.2 Å². The second-order valence-corrected chi connectivity index (χ2v) is 5.88. The molecule has 24 heavy (non-hydrogen) atoms. The molecule has 0 saturated heterocycles. The average Bonchev–Trinajstić information content (AvgIpc) is 2.57. The Morgan fingerprint density at radius 2 is 2.00 bits per heavy atom. The number of hydrogen-bond donors (Lipinski definition) is 1. The van der Waals surface area contributed by atoms with Crippen LogP contribution in [0.5, 0.6) is 0 Å². The van der Waals surface area contributed by atoms with Crippen molar-refractivity contribution in [2.24, 2.45) is 0 Å². The number of hydrogen-bond acceptors (Lipinski definition) is 6. The zero-order valence-electron chi connectivity index (χ0n) is 12.4. The predicted octanol–water partition coefficient (Wildman–Crippen LogP) is 4.22. The molecule has 0 atom stereocenters. The Bertz CT molecular complexity index is 996. The largest absolute Gasteiger partial charge is 0.340 e. The van der Waals surface area contributed by atoms with Crippen molar-refractivity contribution in [3.8, 4) is 6.07 Å². The fraction of sp³-hybridized carbons (Fsp3) is 0.0625. The summed E-state index contributed by atoms with van der Waals surface area (Å²) in [7, 11) is 0. The van der Waals surface area contributed by atoms with E-state index in [9.17, 15) is 10.1 Å². The fourth-order valence-electron chi connectivity index (χ4n) is 2.33. The number of benzene rings is 2. The van der Waals surface area contributed by atoms with E-state index in [0.717, 1.165) is 0 Å². The molecular formula is C16H10BrN5O2. The third-order valence-electron chi connectivity index (χ3n) is 3.55. The number of anilines is 2. The molecule has 0 spiro atoms. The number of nitriles is 1. The van der Waals surface area contributed by atoms with E-state index in [1.807, 2.05) is 6.07 Å². The molecule has 0 unspecified atom stereocenters. The number of nitro groups is 1. The molecule has 2 aromatic carbocycles. The molecular weight excluding hydrogens is 374 g/mol. The maximum absolute atomic E-state index is 11.4. The Labute approximate surface area is 145 Å². The standard InChI is InChI=1S/C16H10BrN5O2/c1-9-13(17)6-12-14(15(9)22(23)24)19-8-20-16(12)21-11-4-2-10(7-18)3-5-11/h2-6,8H,1H3,(H,19,20,21). The van der Waals surface area contributed by atoms with Crippen LogP contribution in [0, 0.1) is 28.4 Å². The lowest BCUT2D eigenvalue weighted by Gasteiger charge is -2.10. The Kier molecular flexibility index (Phi) is 4.10. The van der Waals surface area contributed by atoms with Crippen LogP contribution in [-0.4, -0.2) is 14.9 Å². The third kappa shape index (κ3) is 2.77. The summed E-state index contributed by atoms with van der Waals surface area (Å²) in [4.78, 5) is 19.2. The molecule has 0 aliphatic heterocycles. The highest BCUT2D eigenvalue weighted by Crippen LogP contribution is 2.36. The molecule has 0 aliphatic rings.